The molecule has 0 bridgehead atoms. The highest BCUT2D eigenvalue weighted by Gasteiger charge is 2.39. The molecule has 0 aliphatic carbocycles. The third kappa shape index (κ3) is 4.10. The lowest BCUT2D eigenvalue weighted by atomic mass is 9.82. The molecule has 156 valence electrons. The minimum Gasteiger partial charge on any atom is -0.333 e. The van der Waals surface area contributed by atoms with Gasteiger partial charge in [0.2, 0.25) is 5.91 Å². The predicted octanol–water partition coefficient (Wildman–Crippen LogP) is 5.54. The van der Waals surface area contributed by atoms with Crippen LogP contribution < -0.4 is 5.32 Å². The van der Waals surface area contributed by atoms with Crippen molar-refractivity contribution in [1.29, 1.82) is 0 Å². The van der Waals surface area contributed by atoms with Crippen molar-refractivity contribution in [2.75, 3.05) is 11.9 Å². The zero-order valence-electron chi connectivity index (χ0n) is 18.0. The number of hydrogen-bond donors (Lipinski definition) is 1. The highest BCUT2D eigenvalue weighted by molar-refractivity contribution is 7.15. The van der Waals surface area contributed by atoms with Crippen LogP contribution in [0.3, 0.4) is 0 Å². The van der Waals surface area contributed by atoms with Crippen molar-refractivity contribution in [2.24, 2.45) is 0 Å². The first-order valence-electron chi connectivity index (χ1n) is 10.4. The number of thiazole rings is 1. The molecule has 6 heteroatoms. The number of nitrogens with one attached hydrogen (secondary N) is 1. The molecule has 2 aromatic heterocycles. The molecule has 3 heterocycles. The number of rotatable bonds is 5. The van der Waals surface area contributed by atoms with Crippen LogP contribution in [0.4, 0.5) is 10.9 Å². The van der Waals surface area contributed by atoms with Gasteiger partial charge in [-0.05, 0) is 58.2 Å². The van der Waals surface area contributed by atoms with Gasteiger partial charge in [0.25, 0.3) is 0 Å². The second-order valence-corrected chi connectivity index (χ2v) is 9.73. The Morgan fingerprint density at radius 3 is 2.63 bits per heavy atom. The summed E-state index contributed by atoms with van der Waals surface area (Å²) in [6.07, 6.45) is 3.77. The molecule has 1 aliphatic heterocycles. The fourth-order valence-electron chi connectivity index (χ4n) is 4.00. The van der Waals surface area contributed by atoms with Gasteiger partial charge in [0, 0.05) is 17.6 Å². The SMILES string of the molecule is Cc1ccc(C(C)(C)C(=O)N2CCCC2c2cccc(Nc3ncc(C)s3)n2)cc1. The molecule has 1 aromatic carbocycles. The van der Waals surface area contributed by atoms with Crippen molar-refractivity contribution in [3.63, 3.8) is 0 Å². The monoisotopic (exact) mass is 420 g/mol. The van der Waals surface area contributed by atoms with E-state index < -0.39 is 5.41 Å². The van der Waals surface area contributed by atoms with Gasteiger partial charge in [-0.25, -0.2) is 9.97 Å². The second-order valence-electron chi connectivity index (χ2n) is 8.50. The molecule has 0 spiro atoms. The van der Waals surface area contributed by atoms with Crippen molar-refractivity contribution in [2.45, 2.75) is 52.0 Å². The number of carbonyl (C=O) groups excluding carboxylic acids is 1. The Balaban J connectivity index is 1.56. The summed E-state index contributed by atoms with van der Waals surface area (Å²) in [5, 5.41) is 4.12. The minimum absolute atomic E-state index is 0.00186. The van der Waals surface area contributed by atoms with Gasteiger partial charge < -0.3 is 10.2 Å². The maximum absolute atomic E-state index is 13.6. The average Bonchev–Trinajstić information content (AvgIpc) is 3.37. The fourth-order valence-corrected chi connectivity index (χ4v) is 4.67. The second kappa shape index (κ2) is 8.19. The van der Waals surface area contributed by atoms with Crippen molar-refractivity contribution in [1.82, 2.24) is 14.9 Å². The van der Waals surface area contributed by atoms with Crippen LogP contribution in [-0.4, -0.2) is 27.3 Å². The smallest absolute Gasteiger partial charge is 0.233 e. The summed E-state index contributed by atoms with van der Waals surface area (Å²) in [6.45, 7) is 8.90. The summed E-state index contributed by atoms with van der Waals surface area (Å²) in [5.41, 5.74) is 2.60. The van der Waals surface area contributed by atoms with Gasteiger partial charge in [0.05, 0.1) is 17.2 Å². The number of likely N-dealkylation sites (tertiary alicyclic amines) is 1. The molecule has 1 amide bonds. The average molecular weight is 421 g/mol. The van der Waals surface area contributed by atoms with Crippen molar-refractivity contribution < 1.29 is 4.79 Å². The van der Waals surface area contributed by atoms with Gasteiger partial charge in [0.1, 0.15) is 5.82 Å². The summed E-state index contributed by atoms with van der Waals surface area (Å²) in [6, 6.07) is 14.2. The van der Waals surface area contributed by atoms with Gasteiger partial charge in [-0.3, -0.25) is 4.79 Å². The Morgan fingerprint density at radius 2 is 1.93 bits per heavy atom. The molecule has 4 rings (SSSR count). The Hall–Kier alpha value is -2.73. The lowest BCUT2D eigenvalue weighted by Crippen LogP contribution is -2.43. The summed E-state index contributed by atoms with van der Waals surface area (Å²) >= 11 is 1.60. The van der Waals surface area contributed by atoms with E-state index in [-0.39, 0.29) is 11.9 Å². The van der Waals surface area contributed by atoms with Crippen LogP contribution in [0.5, 0.6) is 0 Å². The molecule has 30 heavy (non-hydrogen) atoms. The van der Waals surface area contributed by atoms with E-state index in [0.29, 0.717) is 0 Å². The van der Waals surface area contributed by atoms with Crippen LogP contribution in [0.2, 0.25) is 0 Å². The van der Waals surface area contributed by atoms with Crippen LogP contribution >= 0.6 is 11.3 Å². The zero-order chi connectivity index (χ0) is 21.3. The largest absolute Gasteiger partial charge is 0.333 e. The first-order valence-corrected chi connectivity index (χ1v) is 11.2. The summed E-state index contributed by atoms with van der Waals surface area (Å²) < 4.78 is 0. The highest BCUT2D eigenvalue weighted by Crippen LogP contribution is 2.36. The molecule has 1 N–H and O–H groups in total. The molecule has 0 saturated carbocycles. The third-order valence-electron chi connectivity index (χ3n) is 5.79. The summed E-state index contributed by atoms with van der Waals surface area (Å²) in [4.78, 5) is 25.9. The van der Waals surface area contributed by atoms with Crippen LogP contribution in [0, 0.1) is 13.8 Å². The number of nitrogens with zero attached hydrogens (tertiary/aromatic N) is 3. The van der Waals surface area contributed by atoms with E-state index in [1.54, 1.807) is 11.3 Å². The fraction of sp³-hybridized carbons (Fsp3) is 0.375. The molecule has 3 aromatic rings. The highest BCUT2D eigenvalue weighted by atomic mass is 32.1. The molecule has 1 saturated heterocycles. The van der Waals surface area contributed by atoms with Crippen LogP contribution in [0.25, 0.3) is 0 Å². The van der Waals surface area contributed by atoms with E-state index >= 15 is 0 Å². The van der Waals surface area contributed by atoms with Crippen LogP contribution in [0.1, 0.15) is 54.4 Å². The van der Waals surface area contributed by atoms with E-state index in [4.69, 9.17) is 4.98 Å². The zero-order valence-corrected chi connectivity index (χ0v) is 18.8. The molecule has 5 nitrogen and oxygen atoms in total. The first-order chi connectivity index (χ1) is 14.3. The lowest BCUT2D eigenvalue weighted by Gasteiger charge is -2.33. The number of hydrogen-bond acceptors (Lipinski definition) is 5. The van der Waals surface area contributed by atoms with Gasteiger partial charge >= 0.3 is 0 Å². The molecular formula is C24H28N4OS. The number of anilines is 2. The van der Waals surface area contributed by atoms with Gasteiger partial charge in [-0.2, -0.15) is 0 Å². The van der Waals surface area contributed by atoms with E-state index in [1.807, 2.05) is 50.1 Å². The van der Waals surface area contributed by atoms with Crippen molar-refractivity contribution in [3.8, 4) is 0 Å². The Morgan fingerprint density at radius 1 is 1.17 bits per heavy atom. The van der Waals surface area contributed by atoms with E-state index in [0.717, 1.165) is 46.5 Å². The molecule has 1 fully saturated rings. The van der Waals surface area contributed by atoms with Gasteiger partial charge in [-0.1, -0.05) is 35.9 Å². The molecule has 1 aliphatic rings. The normalized spacial score (nSPS) is 16.7. The van der Waals surface area contributed by atoms with Crippen molar-refractivity contribution >= 4 is 28.2 Å². The Kier molecular flexibility index (Phi) is 5.60. The van der Waals surface area contributed by atoms with Crippen molar-refractivity contribution in [3.05, 3.63) is 70.4 Å². The summed E-state index contributed by atoms with van der Waals surface area (Å²) in [7, 11) is 0. The number of amides is 1. The van der Waals surface area contributed by atoms with Crippen LogP contribution in [0.15, 0.2) is 48.7 Å². The van der Waals surface area contributed by atoms with Gasteiger partial charge in [-0.15, -0.1) is 11.3 Å². The van der Waals surface area contributed by atoms with E-state index in [1.165, 1.54) is 5.56 Å². The third-order valence-corrected chi connectivity index (χ3v) is 6.62. The maximum atomic E-state index is 13.6. The summed E-state index contributed by atoms with van der Waals surface area (Å²) in [5.74, 6) is 0.920. The first kappa shape index (κ1) is 20.5. The van der Waals surface area contributed by atoms with Crippen LogP contribution in [-0.2, 0) is 10.2 Å². The quantitative estimate of drug-likeness (QED) is 0.589. The number of carbonyl (C=O) groups is 1. The minimum atomic E-state index is -0.579. The Bertz CT molecular complexity index is 1040. The molecule has 1 unspecified atom stereocenters. The molecule has 0 radical (unpaired) electrons. The van der Waals surface area contributed by atoms with E-state index in [9.17, 15) is 4.79 Å². The standard InChI is InChI=1S/C24H28N4OS/c1-16-10-12-18(13-11-16)24(3,4)22(29)28-14-6-8-20(28)19-7-5-9-21(26-19)27-23-25-15-17(2)30-23/h5,7,9-13,15,20H,6,8,14H2,1-4H3,(H,25,26,27). The number of aromatic nitrogens is 2. The maximum Gasteiger partial charge on any atom is 0.233 e. The molecule has 1 atom stereocenters. The number of pyridine rings is 1. The molecular weight excluding hydrogens is 392 g/mol. The van der Waals surface area contributed by atoms with E-state index in [2.05, 4.69) is 41.5 Å². The Labute approximate surface area is 182 Å². The topological polar surface area (TPSA) is 58.1 Å². The predicted molar refractivity (Wildman–Crippen MR) is 122 cm³/mol. The lowest BCUT2D eigenvalue weighted by molar-refractivity contribution is -0.137. The van der Waals surface area contributed by atoms with Gasteiger partial charge in [0.15, 0.2) is 5.13 Å². The number of aryl methyl sites for hydroxylation is 2. The number of benzene rings is 1.